The first-order valence-corrected chi connectivity index (χ1v) is 6.19. The fourth-order valence-electron chi connectivity index (χ4n) is 1.72. The second-order valence-corrected chi connectivity index (χ2v) is 4.54. The van der Waals surface area contributed by atoms with E-state index in [0.29, 0.717) is 6.42 Å². The molecule has 0 aliphatic carbocycles. The van der Waals surface area contributed by atoms with Gasteiger partial charge in [0.05, 0.1) is 4.92 Å². The van der Waals surface area contributed by atoms with Crippen LogP contribution in [0.2, 0.25) is 5.02 Å². The Kier molecular flexibility index (Phi) is 5.37. The van der Waals surface area contributed by atoms with Crippen LogP contribution in [0.25, 0.3) is 0 Å². The molecule has 5 nitrogen and oxygen atoms in total. The molecule has 0 radical (unpaired) electrons. The molecular formula is C12H17ClN2O3. The molecule has 0 amide bonds. The predicted octanol–water partition coefficient (Wildman–Crippen LogP) is 3.13. The summed E-state index contributed by atoms with van der Waals surface area (Å²) >= 11 is 5.87. The maximum Gasteiger partial charge on any atom is 0.288 e. The lowest BCUT2D eigenvalue weighted by Gasteiger charge is -2.19. The van der Waals surface area contributed by atoms with Crippen molar-refractivity contribution < 1.29 is 10.0 Å². The van der Waals surface area contributed by atoms with Crippen molar-refractivity contribution in [3.8, 4) is 0 Å². The number of nitro groups is 1. The number of nitrogens with zero attached hydrogens (tertiary/aromatic N) is 1. The predicted molar refractivity (Wildman–Crippen MR) is 72.2 cm³/mol. The van der Waals surface area contributed by atoms with Crippen LogP contribution >= 0.6 is 11.6 Å². The number of rotatable bonds is 6. The van der Waals surface area contributed by atoms with E-state index in [-0.39, 0.29) is 23.4 Å². The number of nitrogens with one attached hydrogen (secondary N) is 1. The van der Waals surface area contributed by atoms with Crippen LogP contribution in [-0.2, 0) is 0 Å². The number of halogens is 1. The molecule has 1 rings (SSSR count). The summed E-state index contributed by atoms with van der Waals surface area (Å²) in [4.78, 5) is 10.2. The maximum atomic E-state index is 10.7. The highest BCUT2D eigenvalue weighted by atomic mass is 35.5. The molecule has 0 aromatic heterocycles. The van der Waals surface area contributed by atoms with E-state index in [9.17, 15) is 10.1 Å². The van der Waals surface area contributed by atoms with Gasteiger partial charge in [-0.2, -0.15) is 0 Å². The summed E-state index contributed by atoms with van der Waals surface area (Å²) in [7, 11) is 0. The zero-order chi connectivity index (χ0) is 13.7. The molecule has 1 unspecified atom stereocenters. The Morgan fingerprint density at radius 3 is 2.72 bits per heavy atom. The summed E-state index contributed by atoms with van der Waals surface area (Å²) in [5, 5.41) is 23.0. The second-order valence-electron chi connectivity index (χ2n) is 4.14. The molecule has 2 N–H and O–H groups in total. The van der Waals surface area contributed by atoms with E-state index in [1.54, 1.807) is 13.0 Å². The number of nitro benzene ring substituents is 1. The first-order valence-electron chi connectivity index (χ1n) is 5.81. The highest BCUT2D eigenvalue weighted by Crippen LogP contribution is 2.31. The maximum absolute atomic E-state index is 10.7. The molecule has 18 heavy (non-hydrogen) atoms. The Bertz CT molecular complexity index is 438. The molecule has 0 heterocycles. The molecule has 100 valence electrons. The molecule has 1 aromatic rings. The summed E-state index contributed by atoms with van der Waals surface area (Å²) in [6.45, 7) is 3.90. The van der Waals surface area contributed by atoms with Crippen LogP contribution < -0.4 is 5.32 Å². The van der Waals surface area contributed by atoms with E-state index < -0.39 is 4.92 Å². The molecule has 0 aliphatic rings. The van der Waals surface area contributed by atoms with Gasteiger partial charge in [0.15, 0.2) is 0 Å². The summed E-state index contributed by atoms with van der Waals surface area (Å²) in [5.74, 6) is 0. The van der Waals surface area contributed by atoms with E-state index in [4.69, 9.17) is 16.7 Å². The molecule has 0 saturated carbocycles. The smallest absolute Gasteiger partial charge is 0.288 e. The summed E-state index contributed by atoms with van der Waals surface area (Å²) in [6.07, 6.45) is 1.49. The quantitative estimate of drug-likeness (QED) is 0.616. The fraction of sp³-hybridized carbons (Fsp3) is 0.500. The van der Waals surface area contributed by atoms with Crippen LogP contribution in [0.4, 0.5) is 11.4 Å². The minimum absolute atomic E-state index is 0.0880. The lowest BCUT2D eigenvalue weighted by Crippen LogP contribution is -2.20. The van der Waals surface area contributed by atoms with Gasteiger partial charge in [0.2, 0.25) is 0 Å². The average Bonchev–Trinajstić information content (AvgIpc) is 2.32. The normalized spacial score (nSPS) is 12.2. The van der Waals surface area contributed by atoms with Crippen molar-refractivity contribution in [2.45, 2.75) is 32.7 Å². The largest absolute Gasteiger partial charge is 0.396 e. The average molecular weight is 273 g/mol. The van der Waals surface area contributed by atoms with Crippen molar-refractivity contribution in [1.82, 2.24) is 0 Å². The van der Waals surface area contributed by atoms with Crippen molar-refractivity contribution in [3.63, 3.8) is 0 Å². The van der Waals surface area contributed by atoms with E-state index in [1.165, 1.54) is 6.07 Å². The topological polar surface area (TPSA) is 75.4 Å². The molecule has 1 aromatic carbocycles. The molecule has 1 atom stereocenters. The van der Waals surface area contributed by atoms with Crippen molar-refractivity contribution in [1.29, 1.82) is 0 Å². The third-order valence-electron chi connectivity index (χ3n) is 2.82. The Balaban J connectivity index is 2.97. The fourth-order valence-corrected chi connectivity index (χ4v) is 1.95. The SMILES string of the molecule is CCC(CCO)Nc1cc(Cl)c([N+](=O)[O-])cc1C. The first-order chi connectivity index (χ1) is 8.49. The minimum Gasteiger partial charge on any atom is -0.396 e. The first kappa shape index (κ1) is 14.7. The van der Waals surface area contributed by atoms with Gasteiger partial charge in [-0.3, -0.25) is 10.1 Å². The highest BCUT2D eigenvalue weighted by Gasteiger charge is 2.16. The van der Waals surface area contributed by atoms with Crippen LogP contribution in [0.15, 0.2) is 12.1 Å². The summed E-state index contributed by atoms with van der Waals surface area (Å²) in [6, 6.07) is 3.15. The summed E-state index contributed by atoms with van der Waals surface area (Å²) < 4.78 is 0. The van der Waals surface area contributed by atoms with Crippen molar-refractivity contribution >= 4 is 23.0 Å². The van der Waals surface area contributed by atoms with Crippen LogP contribution in [0.1, 0.15) is 25.3 Å². The van der Waals surface area contributed by atoms with Gasteiger partial charge >= 0.3 is 0 Å². The molecule has 6 heteroatoms. The molecule has 0 saturated heterocycles. The molecule has 0 aliphatic heterocycles. The van der Waals surface area contributed by atoms with Gasteiger partial charge in [-0.1, -0.05) is 18.5 Å². The number of aryl methyl sites for hydroxylation is 1. The van der Waals surface area contributed by atoms with Gasteiger partial charge in [-0.05, 0) is 31.4 Å². The number of anilines is 1. The third-order valence-corrected chi connectivity index (χ3v) is 3.12. The van der Waals surface area contributed by atoms with Gasteiger partial charge in [0, 0.05) is 24.4 Å². The number of benzene rings is 1. The third kappa shape index (κ3) is 3.58. The number of hydrogen-bond acceptors (Lipinski definition) is 4. The standard InChI is InChI=1S/C12H17ClN2O3/c1-3-9(4-5-16)14-11-7-10(13)12(15(17)18)6-8(11)2/h6-7,9,14,16H,3-5H2,1-2H3. The Labute approximate surface area is 111 Å². The Hall–Kier alpha value is -1.33. The van der Waals surface area contributed by atoms with Crippen LogP contribution in [-0.4, -0.2) is 22.7 Å². The number of aliphatic hydroxyl groups is 1. The van der Waals surface area contributed by atoms with Crippen LogP contribution in [0, 0.1) is 17.0 Å². The summed E-state index contributed by atoms with van der Waals surface area (Å²) in [5.41, 5.74) is 1.45. The minimum atomic E-state index is -0.496. The molecule has 0 spiro atoms. The van der Waals surface area contributed by atoms with Crippen molar-refractivity contribution in [2.24, 2.45) is 0 Å². The molecule has 0 bridgehead atoms. The van der Waals surface area contributed by atoms with Crippen molar-refractivity contribution in [3.05, 3.63) is 32.8 Å². The lowest BCUT2D eigenvalue weighted by atomic mass is 10.1. The number of hydrogen-bond donors (Lipinski definition) is 2. The highest BCUT2D eigenvalue weighted by molar-refractivity contribution is 6.33. The van der Waals surface area contributed by atoms with E-state index >= 15 is 0 Å². The Morgan fingerprint density at radius 1 is 1.56 bits per heavy atom. The van der Waals surface area contributed by atoms with E-state index in [1.807, 2.05) is 6.92 Å². The van der Waals surface area contributed by atoms with Gasteiger partial charge in [0.25, 0.3) is 5.69 Å². The molecular weight excluding hydrogens is 256 g/mol. The van der Waals surface area contributed by atoms with Crippen molar-refractivity contribution in [2.75, 3.05) is 11.9 Å². The molecule has 0 fully saturated rings. The number of aliphatic hydroxyl groups excluding tert-OH is 1. The van der Waals surface area contributed by atoms with E-state index in [2.05, 4.69) is 5.32 Å². The van der Waals surface area contributed by atoms with Gasteiger partial charge < -0.3 is 10.4 Å². The van der Waals surface area contributed by atoms with Gasteiger partial charge in [-0.25, -0.2) is 0 Å². The van der Waals surface area contributed by atoms with Gasteiger partial charge in [0.1, 0.15) is 5.02 Å². The van der Waals surface area contributed by atoms with Crippen LogP contribution in [0.3, 0.4) is 0 Å². The zero-order valence-corrected chi connectivity index (χ0v) is 11.2. The monoisotopic (exact) mass is 272 g/mol. The second kappa shape index (κ2) is 6.56. The zero-order valence-electron chi connectivity index (χ0n) is 10.4. The van der Waals surface area contributed by atoms with Crippen LogP contribution in [0.5, 0.6) is 0 Å². The van der Waals surface area contributed by atoms with E-state index in [0.717, 1.165) is 17.7 Å². The van der Waals surface area contributed by atoms with Gasteiger partial charge in [-0.15, -0.1) is 0 Å². The lowest BCUT2D eigenvalue weighted by molar-refractivity contribution is -0.384. The Morgan fingerprint density at radius 2 is 2.22 bits per heavy atom.